The number of imide groups is 1. The molecule has 6 rings (SSSR count). The number of nitrogens with one attached hydrogen (secondary N) is 1. The monoisotopic (exact) mass is 483 g/mol. The number of carbonyl (C=O) groups is 2. The zero-order valence-electron chi connectivity index (χ0n) is 20.2. The molecule has 184 valence electrons. The standard InChI is InChI=1S/C28H29N5O3/c1-30-25-24(26(34)33(28(30)35)19-20-9-4-2-5-10-20)32-18-8-17-31(27(32)29-25)21-13-15-23(16-14-21)36-22-11-6-3-7-12-22/h2-7,9-16,24-25,27,29H,8,17-19H2,1H3. The van der Waals surface area contributed by atoms with Crippen molar-refractivity contribution in [1.29, 1.82) is 0 Å². The highest BCUT2D eigenvalue weighted by molar-refractivity contribution is 6.00. The molecule has 1 N–H and O–H groups in total. The van der Waals surface area contributed by atoms with Gasteiger partial charge in [0.15, 0.2) is 0 Å². The topological polar surface area (TPSA) is 68.4 Å². The van der Waals surface area contributed by atoms with Crippen LogP contribution in [-0.2, 0) is 11.3 Å². The third-order valence-electron chi connectivity index (χ3n) is 7.20. The molecule has 3 atom stereocenters. The summed E-state index contributed by atoms with van der Waals surface area (Å²) >= 11 is 0. The van der Waals surface area contributed by atoms with Crippen LogP contribution >= 0.6 is 0 Å². The number of nitrogens with zero attached hydrogens (tertiary/aromatic N) is 4. The lowest BCUT2D eigenvalue weighted by Gasteiger charge is -2.43. The highest BCUT2D eigenvalue weighted by Gasteiger charge is 2.56. The van der Waals surface area contributed by atoms with Crippen molar-refractivity contribution in [3.8, 4) is 11.5 Å². The van der Waals surface area contributed by atoms with Crippen molar-refractivity contribution in [3.63, 3.8) is 0 Å². The number of amides is 3. The fraction of sp³-hybridized carbons (Fsp3) is 0.286. The van der Waals surface area contributed by atoms with Crippen molar-refractivity contribution in [1.82, 2.24) is 20.0 Å². The minimum atomic E-state index is -0.426. The molecule has 3 amide bonds. The number of ether oxygens (including phenoxy) is 1. The van der Waals surface area contributed by atoms with Crippen molar-refractivity contribution >= 4 is 17.6 Å². The number of rotatable bonds is 5. The largest absolute Gasteiger partial charge is 0.457 e. The lowest BCUT2D eigenvalue weighted by atomic mass is 10.1. The van der Waals surface area contributed by atoms with Gasteiger partial charge in [-0.25, -0.2) is 4.79 Å². The first-order valence-corrected chi connectivity index (χ1v) is 12.3. The molecule has 3 aromatic carbocycles. The summed E-state index contributed by atoms with van der Waals surface area (Å²) in [5.41, 5.74) is 1.98. The molecule has 3 aliphatic heterocycles. The van der Waals surface area contributed by atoms with Crippen molar-refractivity contribution in [2.45, 2.75) is 31.5 Å². The second-order valence-electron chi connectivity index (χ2n) is 9.43. The Morgan fingerprint density at radius 3 is 2.25 bits per heavy atom. The minimum Gasteiger partial charge on any atom is -0.457 e. The average Bonchev–Trinajstić information content (AvgIpc) is 3.32. The van der Waals surface area contributed by atoms with Gasteiger partial charge in [0.1, 0.15) is 30.0 Å². The minimum absolute atomic E-state index is 0.143. The maximum Gasteiger partial charge on any atom is 0.328 e. The average molecular weight is 484 g/mol. The molecule has 0 aromatic heterocycles. The molecule has 3 unspecified atom stereocenters. The molecule has 0 saturated carbocycles. The van der Waals surface area contributed by atoms with Gasteiger partial charge in [-0.15, -0.1) is 0 Å². The van der Waals surface area contributed by atoms with Gasteiger partial charge in [-0.05, 0) is 48.4 Å². The van der Waals surface area contributed by atoms with E-state index < -0.39 is 6.04 Å². The van der Waals surface area contributed by atoms with Crippen molar-refractivity contribution < 1.29 is 14.3 Å². The molecule has 0 spiro atoms. The van der Waals surface area contributed by atoms with Gasteiger partial charge in [0.25, 0.3) is 5.91 Å². The van der Waals surface area contributed by atoms with E-state index in [-0.39, 0.29) is 30.9 Å². The van der Waals surface area contributed by atoms with E-state index in [1.165, 1.54) is 4.90 Å². The van der Waals surface area contributed by atoms with E-state index in [1.807, 2.05) is 84.9 Å². The highest BCUT2D eigenvalue weighted by Crippen LogP contribution is 2.34. The predicted octanol–water partition coefficient (Wildman–Crippen LogP) is 3.67. The third-order valence-corrected chi connectivity index (χ3v) is 7.20. The molecule has 0 bridgehead atoms. The summed E-state index contributed by atoms with van der Waals surface area (Å²) in [5, 5.41) is 3.57. The molecule has 0 radical (unpaired) electrons. The Kier molecular flexibility index (Phi) is 5.83. The van der Waals surface area contributed by atoms with Crippen LogP contribution in [0.2, 0.25) is 0 Å². The van der Waals surface area contributed by atoms with Gasteiger partial charge in [0.2, 0.25) is 0 Å². The van der Waals surface area contributed by atoms with Crippen LogP contribution in [0.4, 0.5) is 10.5 Å². The number of likely N-dealkylation sites (N-methyl/N-ethyl adjacent to an activating group) is 1. The van der Waals surface area contributed by atoms with Crippen molar-refractivity contribution in [2.24, 2.45) is 0 Å². The predicted molar refractivity (Wildman–Crippen MR) is 136 cm³/mol. The first-order chi connectivity index (χ1) is 17.6. The summed E-state index contributed by atoms with van der Waals surface area (Å²) in [6.45, 7) is 1.92. The van der Waals surface area contributed by atoms with E-state index in [9.17, 15) is 9.59 Å². The fourth-order valence-corrected chi connectivity index (χ4v) is 5.43. The fourth-order valence-electron chi connectivity index (χ4n) is 5.43. The van der Waals surface area contributed by atoms with Gasteiger partial charge in [0.05, 0.1) is 6.54 Å². The zero-order chi connectivity index (χ0) is 24.6. The molecule has 36 heavy (non-hydrogen) atoms. The van der Waals surface area contributed by atoms with Crippen LogP contribution in [0, 0.1) is 0 Å². The van der Waals surface area contributed by atoms with Crippen LogP contribution in [-0.4, -0.2) is 65.3 Å². The van der Waals surface area contributed by atoms with Gasteiger partial charge in [0, 0.05) is 25.8 Å². The Hall–Kier alpha value is -3.88. The SMILES string of the molecule is CN1C(=O)N(Cc2ccccc2)C(=O)C2C1NC1N(c3ccc(Oc4ccccc4)cc3)CCCN21. The molecule has 8 nitrogen and oxygen atoms in total. The van der Waals surface area contributed by atoms with E-state index >= 15 is 0 Å². The summed E-state index contributed by atoms with van der Waals surface area (Å²) in [7, 11) is 1.77. The zero-order valence-corrected chi connectivity index (χ0v) is 20.2. The Morgan fingerprint density at radius 1 is 0.861 bits per heavy atom. The molecule has 3 saturated heterocycles. The molecular weight excluding hydrogens is 454 g/mol. The molecule has 3 heterocycles. The number of hydrogen-bond donors (Lipinski definition) is 1. The van der Waals surface area contributed by atoms with Crippen LogP contribution in [0.15, 0.2) is 84.9 Å². The number of hydrogen-bond acceptors (Lipinski definition) is 6. The van der Waals surface area contributed by atoms with Crippen LogP contribution in [0.25, 0.3) is 0 Å². The number of anilines is 1. The van der Waals surface area contributed by atoms with Crippen LogP contribution in [0.5, 0.6) is 11.5 Å². The lowest BCUT2D eigenvalue weighted by Crippen LogP contribution is -2.66. The second kappa shape index (κ2) is 9.29. The quantitative estimate of drug-likeness (QED) is 0.597. The Morgan fingerprint density at radius 2 is 1.53 bits per heavy atom. The van der Waals surface area contributed by atoms with Gasteiger partial charge in [-0.1, -0.05) is 48.5 Å². The third kappa shape index (κ3) is 3.98. The lowest BCUT2D eigenvalue weighted by molar-refractivity contribution is -0.139. The van der Waals surface area contributed by atoms with Gasteiger partial charge in [-0.2, -0.15) is 0 Å². The van der Waals surface area contributed by atoms with Gasteiger partial charge in [-0.3, -0.25) is 19.9 Å². The van der Waals surface area contributed by atoms with Crippen LogP contribution in [0.3, 0.4) is 0 Å². The van der Waals surface area contributed by atoms with E-state index in [0.29, 0.717) is 0 Å². The van der Waals surface area contributed by atoms with Crippen LogP contribution in [0.1, 0.15) is 12.0 Å². The summed E-state index contributed by atoms with van der Waals surface area (Å²) in [6, 6.07) is 26.7. The maximum atomic E-state index is 13.6. The summed E-state index contributed by atoms with van der Waals surface area (Å²) < 4.78 is 5.95. The summed E-state index contributed by atoms with van der Waals surface area (Å²) in [4.78, 5) is 34.3. The van der Waals surface area contributed by atoms with Gasteiger partial charge >= 0.3 is 6.03 Å². The summed E-state index contributed by atoms with van der Waals surface area (Å²) in [5.74, 6) is 1.42. The van der Waals surface area contributed by atoms with E-state index in [1.54, 1.807) is 11.9 Å². The molecule has 3 aliphatic rings. The Bertz CT molecular complexity index is 1240. The molecule has 0 aliphatic carbocycles. The normalized spacial score (nSPS) is 24.0. The molecular formula is C28H29N5O3. The van der Waals surface area contributed by atoms with E-state index in [4.69, 9.17) is 4.74 Å². The maximum absolute atomic E-state index is 13.6. The summed E-state index contributed by atoms with van der Waals surface area (Å²) in [6.07, 6.45) is 0.377. The highest BCUT2D eigenvalue weighted by atomic mass is 16.5. The second-order valence-corrected chi connectivity index (χ2v) is 9.43. The number of benzene rings is 3. The Labute approximate surface area is 210 Å². The Balaban J connectivity index is 1.22. The van der Waals surface area contributed by atoms with Crippen LogP contribution < -0.4 is 15.0 Å². The van der Waals surface area contributed by atoms with E-state index in [2.05, 4.69) is 15.1 Å². The van der Waals surface area contributed by atoms with Crippen molar-refractivity contribution in [3.05, 3.63) is 90.5 Å². The van der Waals surface area contributed by atoms with Gasteiger partial charge < -0.3 is 14.5 Å². The molecule has 8 heteroatoms. The molecule has 3 fully saturated rings. The first kappa shape index (κ1) is 22.6. The number of fused-ring (bicyclic) bond motifs is 3. The smallest absolute Gasteiger partial charge is 0.328 e. The number of para-hydroxylation sites is 1. The number of urea groups is 1. The number of carbonyl (C=O) groups excluding carboxylic acids is 2. The van der Waals surface area contributed by atoms with Crippen molar-refractivity contribution in [2.75, 3.05) is 25.0 Å². The van der Waals surface area contributed by atoms with E-state index in [0.717, 1.165) is 42.3 Å². The molecule has 3 aromatic rings. The first-order valence-electron chi connectivity index (χ1n) is 12.3.